The summed E-state index contributed by atoms with van der Waals surface area (Å²) >= 11 is 0. The summed E-state index contributed by atoms with van der Waals surface area (Å²) < 4.78 is 0. The lowest BCUT2D eigenvalue weighted by molar-refractivity contribution is -0.137. The van der Waals surface area contributed by atoms with Crippen LogP contribution in [0.1, 0.15) is 36.8 Å². The standard InChI is InChI=1S/C14H20N2O2/c15-13-6-4-5-11-9-16(10-12(11)13)8-3-1-2-7-14(17)18/h4-6H,1-3,7-10,15H2,(H,17,18). The first-order valence-corrected chi connectivity index (χ1v) is 6.47. The van der Waals surface area contributed by atoms with Gasteiger partial charge in [-0.25, -0.2) is 0 Å². The first-order chi connectivity index (χ1) is 8.66. The molecule has 0 atom stereocenters. The summed E-state index contributed by atoms with van der Waals surface area (Å²) in [4.78, 5) is 12.8. The molecule has 98 valence electrons. The average Bonchev–Trinajstić information content (AvgIpc) is 2.72. The zero-order valence-corrected chi connectivity index (χ0v) is 10.6. The van der Waals surface area contributed by atoms with Crippen molar-refractivity contribution >= 4 is 11.7 Å². The number of carboxylic acids is 1. The third-order valence-corrected chi connectivity index (χ3v) is 3.45. The molecule has 1 aliphatic rings. The van der Waals surface area contributed by atoms with Crippen molar-refractivity contribution in [2.45, 2.75) is 38.8 Å². The summed E-state index contributed by atoms with van der Waals surface area (Å²) in [6.45, 7) is 2.92. The Morgan fingerprint density at radius 3 is 2.83 bits per heavy atom. The first-order valence-electron chi connectivity index (χ1n) is 6.47. The lowest BCUT2D eigenvalue weighted by Crippen LogP contribution is -2.17. The monoisotopic (exact) mass is 248 g/mol. The highest BCUT2D eigenvalue weighted by atomic mass is 16.4. The fraction of sp³-hybridized carbons (Fsp3) is 0.500. The van der Waals surface area contributed by atoms with Crippen molar-refractivity contribution < 1.29 is 9.90 Å². The summed E-state index contributed by atoms with van der Waals surface area (Å²) in [6, 6.07) is 6.09. The van der Waals surface area contributed by atoms with Crippen LogP contribution in [-0.2, 0) is 17.9 Å². The van der Waals surface area contributed by atoms with Gasteiger partial charge >= 0.3 is 5.97 Å². The summed E-state index contributed by atoms with van der Waals surface area (Å²) in [5, 5.41) is 8.55. The SMILES string of the molecule is Nc1cccc2c1CN(CCCCCC(=O)O)C2. The number of unbranched alkanes of at least 4 members (excludes halogenated alkanes) is 2. The zero-order chi connectivity index (χ0) is 13.0. The highest BCUT2D eigenvalue weighted by Crippen LogP contribution is 2.27. The number of hydrogen-bond donors (Lipinski definition) is 2. The van der Waals surface area contributed by atoms with E-state index < -0.39 is 5.97 Å². The molecule has 1 aromatic rings. The number of hydrogen-bond acceptors (Lipinski definition) is 3. The van der Waals surface area contributed by atoms with Crippen molar-refractivity contribution in [2.24, 2.45) is 0 Å². The summed E-state index contributed by atoms with van der Waals surface area (Å²) in [7, 11) is 0. The number of fused-ring (bicyclic) bond motifs is 1. The van der Waals surface area contributed by atoms with Crippen LogP contribution in [0.15, 0.2) is 18.2 Å². The van der Waals surface area contributed by atoms with Crippen molar-refractivity contribution in [3.8, 4) is 0 Å². The third kappa shape index (κ3) is 3.23. The molecule has 0 saturated carbocycles. The second-order valence-electron chi connectivity index (χ2n) is 4.90. The number of nitrogens with two attached hydrogens (primary N) is 1. The molecule has 0 bridgehead atoms. The van der Waals surface area contributed by atoms with Gasteiger partial charge < -0.3 is 10.8 Å². The number of nitrogens with zero attached hydrogens (tertiary/aromatic N) is 1. The predicted octanol–water partition coefficient (Wildman–Crippen LogP) is 2.23. The molecule has 18 heavy (non-hydrogen) atoms. The van der Waals surface area contributed by atoms with Crippen LogP contribution in [0.25, 0.3) is 0 Å². The predicted molar refractivity (Wildman–Crippen MR) is 71.1 cm³/mol. The van der Waals surface area contributed by atoms with Gasteiger partial charge in [-0.1, -0.05) is 18.6 Å². The molecule has 1 heterocycles. The van der Waals surface area contributed by atoms with Gasteiger partial charge in [0, 0.05) is 25.2 Å². The van der Waals surface area contributed by atoms with Gasteiger partial charge in [0.05, 0.1) is 0 Å². The Hall–Kier alpha value is -1.55. The van der Waals surface area contributed by atoms with E-state index in [9.17, 15) is 4.79 Å². The topological polar surface area (TPSA) is 66.6 Å². The molecule has 4 nitrogen and oxygen atoms in total. The van der Waals surface area contributed by atoms with Gasteiger partial charge in [0.2, 0.25) is 0 Å². The van der Waals surface area contributed by atoms with Crippen molar-refractivity contribution in [3.05, 3.63) is 29.3 Å². The molecule has 0 aliphatic carbocycles. The van der Waals surface area contributed by atoms with Crippen LogP contribution in [0.2, 0.25) is 0 Å². The molecular weight excluding hydrogens is 228 g/mol. The van der Waals surface area contributed by atoms with E-state index in [4.69, 9.17) is 10.8 Å². The number of nitrogen functional groups attached to an aromatic ring is 1. The third-order valence-electron chi connectivity index (χ3n) is 3.45. The maximum atomic E-state index is 10.4. The maximum Gasteiger partial charge on any atom is 0.303 e. The van der Waals surface area contributed by atoms with Crippen LogP contribution < -0.4 is 5.73 Å². The lowest BCUT2D eigenvalue weighted by Gasteiger charge is -2.14. The summed E-state index contributed by atoms with van der Waals surface area (Å²) in [5.41, 5.74) is 9.44. The summed E-state index contributed by atoms with van der Waals surface area (Å²) in [6.07, 6.45) is 3.10. The molecule has 0 saturated heterocycles. The van der Waals surface area contributed by atoms with Crippen LogP contribution in [0.3, 0.4) is 0 Å². The van der Waals surface area contributed by atoms with E-state index in [0.29, 0.717) is 0 Å². The second-order valence-corrected chi connectivity index (χ2v) is 4.90. The van der Waals surface area contributed by atoms with E-state index >= 15 is 0 Å². The van der Waals surface area contributed by atoms with Gasteiger partial charge in [0.1, 0.15) is 0 Å². The molecule has 3 N–H and O–H groups in total. The Kier molecular flexibility index (Phi) is 4.20. The van der Waals surface area contributed by atoms with Crippen molar-refractivity contribution in [2.75, 3.05) is 12.3 Å². The number of benzene rings is 1. The van der Waals surface area contributed by atoms with E-state index in [1.807, 2.05) is 12.1 Å². The van der Waals surface area contributed by atoms with E-state index in [-0.39, 0.29) is 6.42 Å². The van der Waals surface area contributed by atoms with Gasteiger partial charge in [-0.3, -0.25) is 9.69 Å². The quantitative estimate of drug-likeness (QED) is 0.598. The van der Waals surface area contributed by atoms with E-state index in [1.54, 1.807) is 0 Å². The Labute approximate surface area is 107 Å². The average molecular weight is 248 g/mol. The fourth-order valence-electron chi connectivity index (χ4n) is 2.46. The smallest absolute Gasteiger partial charge is 0.303 e. The van der Waals surface area contributed by atoms with E-state index in [0.717, 1.165) is 44.6 Å². The minimum absolute atomic E-state index is 0.285. The fourth-order valence-corrected chi connectivity index (χ4v) is 2.46. The maximum absolute atomic E-state index is 10.4. The Bertz CT molecular complexity index is 432. The van der Waals surface area contributed by atoms with Gasteiger partial charge in [-0.2, -0.15) is 0 Å². The second kappa shape index (κ2) is 5.87. The molecule has 0 unspecified atom stereocenters. The first kappa shape index (κ1) is 12.9. The van der Waals surface area contributed by atoms with E-state index in [2.05, 4.69) is 11.0 Å². The molecule has 4 heteroatoms. The van der Waals surface area contributed by atoms with Crippen LogP contribution in [0.5, 0.6) is 0 Å². The van der Waals surface area contributed by atoms with Gasteiger partial charge in [-0.05, 0) is 36.6 Å². The highest BCUT2D eigenvalue weighted by Gasteiger charge is 2.19. The number of aliphatic carboxylic acids is 1. The molecule has 1 aromatic carbocycles. The van der Waals surface area contributed by atoms with Crippen molar-refractivity contribution in [3.63, 3.8) is 0 Å². The van der Waals surface area contributed by atoms with Crippen LogP contribution in [0.4, 0.5) is 5.69 Å². The number of carbonyl (C=O) groups is 1. The Morgan fingerprint density at radius 1 is 1.28 bits per heavy atom. The van der Waals surface area contributed by atoms with Gasteiger partial charge in [0.15, 0.2) is 0 Å². The normalized spacial score (nSPS) is 14.7. The molecule has 0 spiro atoms. The largest absolute Gasteiger partial charge is 0.481 e. The van der Waals surface area contributed by atoms with Crippen LogP contribution in [-0.4, -0.2) is 22.5 Å². The molecule has 2 rings (SSSR count). The van der Waals surface area contributed by atoms with Crippen LogP contribution >= 0.6 is 0 Å². The molecule has 0 fully saturated rings. The Balaban J connectivity index is 1.72. The van der Waals surface area contributed by atoms with Crippen molar-refractivity contribution in [1.82, 2.24) is 4.90 Å². The highest BCUT2D eigenvalue weighted by molar-refractivity contribution is 5.66. The molecule has 0 amide bonds. The molecular formula is C14H20N2O2. The minimum Gasteiger partial charge on any atom is -0.481 e. The molecule has 0 aromatic heterocycles. The Morgan fingerprint density at radius 2 is 2.11 bits per heavy atom. The number of anilines is 1. The van der Waals surface area contributed by atoms with Gasteiger partial charge in [-0.15, -0.1) is 0 Å². The van der Waals surface area contributed by atoms with E-state index in [1.165, 1.54) is 11.1 Å². The number of rotatable bonds is 6. The zero-order valence-electron chi connectivity index (χ0n) is 10.6. The van der Waals surface area contributed by atoms with Gasteiger partial charge in [0.25, 0.3) is 0 Å². The molecule has 0 radical (unpaired) electrons. The number of carboxylic acid groups (broad SMARTS) is 1. The minimum atomic E-state index is -0.698. The molecule has 1 aliphatic heterocycles. The summed E-state index contributed by atoms with van der Waals surface area (Å²) in [5.74, 6) is -0.698. The van der Waals surface area contributed by atoms with Crippen LogP contribution in [0, 0.1) is 0 Å². The van der Waals surface area contributed by atoms with Crippen molar-refractivity contribution in [1.29, 1.82) is 0 Å². The lowest BCUT2D eigenvalue weighted by atomic mass is 10.1.